The Morgan fingerprint density at radius 3 is 1.31 bits per heavy atom. The fraction of sp³-hybridized carbons (Fsp3) is 0.316. The van der Waals surface area contributed by atoms with Crippen molar-refractivity contribution in [3.05, 3.63) is 174 Å². The van der Waals surface area contributed by atoms with Crippen LogP contribution in [0.5, 0.6) is 0 Å². The number of carbonyl (C=O) groups is 3. The standard InChI is InChI=1S/2C19H18Cl2F2N2O4S.C19H17F5N2O4S/c20-15-6-5-13(30(28,29)25-10-1-3-12(26)4-2-10)9-14(15)19(27)24-11-7-16(21)18(23)17(22)8-11;20-13-6-5-11(30(28,29)25-16-3-1-2-4-17(16)26)9-12(13)19(27)24-10-7-14(21)18(23)15(22)8-10;20-13-8-14(21)17(31(29,30)26-9-2-1-3-11(27)4-9)7-12(13)19(28)25-10-5-15(22)18(24)16(23)6-10/h5-10,12,25-26H,1-4H2,(H,24,27);5-9,16-17,25-26H,1-4H2,(H,24,27);5-9,11,26-27H,1-4H2,(H,25,28). The molecule has 492 valence electrons. The lowest BCUT2D eigenvalue weighted by molar-refractivity contribution is 0.101. The van der Waals surface area contributed by atoms with Crippen LogP contribution >= 0.6 is 46.4 Å². The Bertz CT molecular complexity index is 4040. The molecule has 0 aromatic heterocycles. The summed E-state index contributed by atoms with van der Waals surface area (Å²) in [5.74, 6) is -15.9. The van der Waals surface area contributed by atoms with Crippen LogP contribution in [0.3, 0.4) is 0 Å². The average molecular weight is 1420 g/mol. The van der Waals surface area contributed by atoms with Crippen LogP contribution in [0.1, 0.15) is 108 Å². The smallest absolute Gasteiger partial charge is 0.258 e. The van der Waals surface area contributed by atoms with E-state index in [4.69, 9.17) is 46.4 Å². The molecular formula is C57H53Cl4F9N6O12S3. The van der Waals surface area contributed by atoms with Crippen LogP contribution < -0.4 is 30.1 Å². The molecule has 3 fully saturated rings. The quantitative estimate of drug-likeness (QED) is 0.0343. The molecule has 4 unspecified atom stereocenters. The maximum atomic E-state index is 14.2. The summed E-state index contributed by atoms with van der Waals surface area (Å²) in [4.78, 5) is 36.0. The number of carbonyl (C=O) groups excluding carboxylic acids is 3. The van der Waals surface area contributed by atoms with E-state index in [2.05, 4.69) is 24.8 Å². The summed E-state index contributed by atoms with van der Waals surface area (Å²) in [7, 11) is -12.5. The molecule has 0 saturated heterocycles. The number of aliphatic hydroxyl groups is 3. The van der Waals surface area contributed by atoms with Crippen LogP contribution in [0.4, 0.5) is 56.6 Å². The maximum absolute atomic E-state index is 14.2. The summed E-state index contributed by atoms with van der Waals surface area (Å²) in [5.41, 5.74) is -2.09. The molecule has 0 bridgehead atoms. The molecular weight excluding hydrogens is 1370 g/mol. The zero-order valence-electron chi connectivity index (χ0n) is 46.7. The predicted octanol–water partition coefficient (Wildman–Crippen LogP) is 11.4. The fourth-order valence-electron chi connectivity index (χ4n) is 9.63. The molecule has 0 heterocycles. The highest BCUT2D eigenvalue weighted by atomic mass is 35.5. The van der Waals surface area contributed by atoms with Crippen molar-refractivity contribution < 1.29 is 94.5 Å². The fourth-order valence-corrected chi connectivity index (χ4v) is 14.5. The number of amides is 3. The predicted molar refractivity (Wildman–Crippen MR) is 318 cm³/mol. The monoisotopic (exact) mass is 1420 g/mol. The van der Waals surface area contributed by atoms with E-state index < -0.39 is 157 Å². The van der Waals surface area contributed by atoms with Crippen LogP contribution in [-0.4, -0.2) is 94.7 Å². The average Bonchev–Trinajstić information content (AvgIpc) is 0.910. The van der Waals surface area contributed by atoms with Crippen molar-refractivity contribution in [1.82, 2.24) is 14.2 Å². The first-order valence-electron chi connectivity index (χ1n) is 27.2. The first-order valence-corrected chi connectivity index (χ1v) is 33.2. The zero-order chi connectivity index (χ0) is 67.0. The van der Waals surface area contributed by atoms with Crippen molar-refractivity contribution in [1.29, 1.82) is 0 Å². The number of benzene rings is 6. The molecule has 3 amide bonds. The van der Waals surface area contributed by atoms with E-state index in [-0.39, 0.29) is 60.9 Å². The molecule has 4 atom stereocenters. The van der Waals surface area contributed by atoms with Crippen LogP contribution in [0.15, 0.2) is 99.6 Å². The summed E-state index contributed by atoms with van der Waals surface area (Å²) in [6, 6.07) is 10.5. The number of anilines is 3. The molecule has 6 aromatic carbocycles. The first kappa shape index (κ1) is 72.3. The normalized spacial score (nSPS) is 19.4. The van der Waals surface area contributed by atoms with Crippen molar-refractivity contribution in [2.24, 2.45) is 0 Å². The maximum Gasteiger partial charge on any atom is 0.258 e. The number of halogens is 13. The van der Waals surface area contributed by atoms with Crippen LogP contribution in [0, 0.1) is 52.4 Å². The lowest BCUT2D eigenvalue weighted by Crippen LogP contribution is -2.44. The summed E-state index contributed by atoms with van der Waals surface area (Å²) >= 11 is 23.2. The molecule has 9 N–H and O–H groups in total. The Morgan fingerprint density at radius 1 is 0.396 bits per heavy atom. The molecule has 0 spiro atoms. The highest BCUT2D eigenvalue weighted by Gasteiger charge is 2.32. The summed E-state index contributed by atoms with van der Waals surface area (Å²) in [5, 5.41) is 34.6. The van der Waals surface area contributed by atoms with Gasteiger partial charge in [0.25, 0.3) is 17.7 Å². The van der Waals surface area contributed by atoms with Crippen molar-refractivity contribution in [3.63, 3.8) is 0 Å². The van der Waals surface area contributed by atoms with Crippen LogP contribution in [-0.2, 0) is 30.1 Å². The Morgan fingerprint density at radius 2 is 0.835 bits per heavy atom. The summed E-state index contributed by atoms with van der Waals surface area (Å²) in [6.45, 7) is 0. The van der Waals surface area contributed by atoms with Gasteiger partial charge in [-0.2, -0.15) is 0 Å². The van der Waals surface area contributed by atoms with Gasteiger partial charge in [0.15, 0.2) is 40.7 Å². The van der Waals surface area contributed by atoms with Crippen molar-refractivity contribution >= 4 is 111 Å². The van der Waals surface area contributed by atoms with E-state index in [1.165, 1.54) is 24.3 Å². The van der Waals surface area contributed by atoms with Gasteiger partial charge in [-0.3, -0.25) is 14.4 Å². The van der Waals surface area contributed by atoms with Gasteiger partial charge in [-0.15, -0.1) is 0 Å². The number of hydrogen-bond acceptors (Lipinski definition) is 12. The van der Waals surface area contributed by atoms with Gasteiger partial charge in [-0.05, 0) is 119 Å². The lowest BCUT2D eigenvalue weighted by Gasteiger charge is -2.28. The number of rotatable bonds is 15. The van der Waals surface area contributed by atoms with Gasteiger partial charge in [0, 0.05) is 65.5 Å². The molecule has 0 radical (unpaired) electrons. The Balaban J connectivity index is 0.000000194. The van der Waals surface area contributed by atoms with Crippen LogP contribution in [0.25, 0.3) is 0 Å². The number of nitrogens with one attached hydrogen (secondary N) is 6. The number of sulfonamides is 3. The summed E-state index contributed by atoms with van der Waals surface area (Å²) in [6.07, 6.45) is 4.19. The zero-order valence-corrected chi connectivity index (χ0v) is 52.2. The van der Waals surface area contributed by atoms with E-state index in [0.29, 0.717) is 76.0 Å². The number of hydrogen-bond donors (Lipinski definition) is 9. The second-order valence-electron chi connectivity index (χ2n) is 21.0. The molecule has 3 aliphatic carbocycles. The Labute approximate surface area is 535 Å². The minimum atomic E-state index is -4.53. The molecule has 3 saturated carbocycles. The third-order valence-corrected chi connectivity index (χ3v) is 20.0. The second kappa shape index (κ2) is 30.7. The number of aliphatic hydroxyl groups excluding tert-OH is 3. The molecule has 6 aromatic rings. The largest absolute Gasteiger partial charge is 0.393 e. The van der Waals surface area contributed by atoms with Gasteiger partial charge in [-0.1, -0.05) is 59.2 Å². The SMILES string of the molecule is O=C(Nc1cc(F)c(F)c(Cl)c1)c1cc(S(=O)(=O)NC2CCC(O)CC2)ccc1Cl.O=C(Nc1cc(F)c(F)c(Cl)c1)c1cc(S(=O)(=O)NC2CCCCC2O)ccc1Cl.O=C(Nc1cc(F)c(F)c(F)c1)c1cc(S(=O)(=O)NC2CCCC(O)C2)c(F)cc1F. The molecule has 0 aliphatic heterocycles. The Kier molecular flexibility index (Phi) is 24.4. The lowest BCUT2D eigenvalue weighted by atomic mass is 9.93. The van der Waals surface area contributed by atoms with E-state index in [9.17, 15) is 94.5 Å². The van der Waals surface area contributed by atoms with Crippen molar-refractivity contribution in [2.75, 3.05) is 16.0 Å². The van der Waals surface area contributed by atoms with Gasteiger partial charge in [0.05, 0.1) is 64.9 Å². The highest BCUT2D eigenvalue weighted by Crippen LogP contribution is 2.31. The minimum Gasteiger partial charge on any atom is -0.393 e. The van der Waals surface area contributed by atoms with Crippen molar-refractivity contribution in [2.45, 2.75) is 128 Å². The minimum absolute atomic E-state index is 0.0269. The van der Waals surface area contributed by atoms with Gasteiger partial charge in [0.1, 0.15) is 16.5 Å². The van der Waals surface area contributed by atoms with Crippen LogP contribution in [0.2, 0.25) is 20.1 Å². The molecule has 34 heteroatoms. The van der Waals surface area contributed by atoms with E-state index in [1.807, 2.05) is 5.32 Å². The molecule has 3 aliphatic rings. The van der Waals surface area contributed by atoms with Gasteiger partial charge in [0.2, 0.25) is 30.1 Å². The molecule has 18 nitrogen and oxygen atoms in total. The molecule has 9 rings (SSSR count). The Hall–Kier alpha value is -6.13. The summed E-state index contributed by atoms with van der Waals surface area (Å²) < 4.78 is 205. The van der Waals surface area contributed by atoms with Crippen molar-refractivity contribution in [3.8, 4) is 0 Å². The van der Waals surface area contributed by atoms with E-state index in [1.54, 1.807) is 0 Å². The van der Waals surface area contributed by atoms with Gasteiger partial charge >= 0.3 is 0 Å². The topological polar surface area (TPSA) is 286 Å². The first-order chi connectivity index (χ1) is 42.6. The van der Waals surface area contributed by atoms with Gasteiger partial charge < -0.3 is 31.3 Å². The van der Waals surface area contributed by atoms with E-state index >= 15 is 0 Å². The third-order valence-electron chi connectivity index (χ3n) is 14.3. The van der Waals surface area contributed by atoms with Gasteiger partial charge in [-0.25, -0.2) is 78.9 Å². The second-order valence-corrected chi connectivity index (χ2v) is 27.8. The third kappa shape index (κ3) is 19.0. The molecule has 91 heavy (non-hydrogen) atoms. The highest BCUT2D eigenvalue weighted by molar-refractivity contribution is 7.90. The van der Waals surface area contributed by atoms with E-state index in [0.717, 1.165) is 49.2 Å².